The first kappa shape index (κ1) is 26.4. The summed E-state index contributed by atoms with van der Waals surface area (Å²) in [5.41, 5.74) is 4.28. The van der Waals surface area contributed by atoms with Gasteiger partial charge in [0, 0.05) is 53.2 Å². The van der Waals surface area contributed by atoms with Gasteiger partial charge in [0.2, 0.25) is 5.71 Å². The predicted molar refractivity (Wildman–Crippen MR) is 155 cm³/mol. The van der Waals surface area contributed by atoms with Crippen molar-refractivity contribution in [3.8, 4) is 0 Å². The number of pyridine rings is 4. The number of fused-ring (bicyclic) bond motifs is 4. The average Bonchev–Trinajstić information content (AvgIpc) is 3.71. The molecule has 200 valence electrons. The average molecular weight is 533 g/mol. The zero-order valence-corrected chi connectivity index (χ0v) is 22.7. The van der Waals surface area contributed by atoms with E-state index in [9.17, 15) is 0 Å². The lowest BCUT2D eigenvalue weighted by molar-refractivity contribution is 0.567. The van der Waals surface area contributed by atoms with E-state index in [1.807, 2.05) is 88.4 Å². The molecule has 8 aromatic heterocycles. The van der Waals surface area contributed by atoms with Gasteiger partial charge in [-0.15, -0.1) is 0 Å². The van der Waals surface area contributed by atoms with Crippen molar-refractivity contribution < 1.29 is 17.7 Å². The summed E-state index contributed by atoms with van der Waals surface area (Å²) in [6.07, 6.45) is 10.5. The Hall–Kier alpha value is -5.24. The molecule has 0 aromatic carbocycles. The molecule has 0 atom stereocenters. The fourth-order valence-electron chi connectivity index (χ4n) is 4.03. The van der Waals surface area contributed by atoms with E-state index < -0.39 is 0 Å². The fraction of sp³-hybridized carbons (Fsp3) is 0.125. The lowest BCUT2D eigenvalue weighted by Crippen LogP contribution is -1.66. The van der Waals surface area contributed by atoms with Gasteiger partial charge in [-0.2, -0.15) is 0 Å². The maximum atomic E-state index is 5.33. The molecule has 0 fully saturated rings. The number of furan rings is 4. The zero-order valence-electron chi connectivity index (χ0n) is 22.7. The third-order valence-corrected chi connectivity index (χ3v) is 5.71. The van der Waals surface area contributed by atoms with E-state index in [1.165, 1.54) is 0 Å². The first-order valence-electron chi connectivity index (χ1n) is 12.7. The van der Waals surface area contributed by atoms with Crippen molar-refractivity contribution in [3.05, 3.63) is 121 Å². The van der Waals surface area contributed by atoms with Crippen molar-refractivity contribution in [2.45, 2.75) is 27.7 Å². The molecule has 8 heterocycles. The highest BCUT2D eigenvalue weighted by Gasteiger charge is 1.99. The molecular weight excluding hydrogens is 504 g/mol. The second-order valence-electron chi connectivity index (χ2n) is 9.04. The fourth-order valence-corrected chi connectivity index (χ4v) is 4.03. The van der Waals surface area contributed by atoms with E-state index in [2.05, 4.69) is 19.9 Å². The van der Waals surface area contributed by atoms with Crippen LogP contribution < -0.4 is 0 Å². The normalized spacial score (nSPS) is 10.5. The lowest BCUT2D eigenvalue weighted by Gasteiger charge is -1.81. The van der Waals surface area contributed by atoms with E-state index >= 15 is 0 Å². The molecule has 8 nitrogen and oxygen atoms in total. The van der Waals surface area contributed by atoms with Gasteiger partial charge in [-0.25, -0.2) is 4.98 Å². The Morgan fingerprint density at radius 2 is 1.10 bits per heavy atom. The first-order chi connectivity index (χ1) is 19.4. The van der Waals surface area contributed by atoms with E-state index in [0.717, 1.165) is 67.2 Å². The summed E-state index contributed by atoms with van der Waals surface area (Å²) in [5, 5.41) is 3.26. The Kier molecular flexibility index (Phi) is 7.97. The molecule has 0 unspecified atom stereocenters. The van der Waals surface area contributed by atoms with Crippen LogP contribution in [-0.4, -0.2) is 19.9 Å². The van der Waals surface area contributed by atoms with Crippen molar-refractivity contribution in [2.24, 2.45) is 0 Å². The molecule has 0 N–H and O–H groups in total. The highest BCUT2D eigenvalue weighted by molar-refractivity contribution is 5.77. The van der Waals surface area contributed by atoms with Gasteiger partial charge in [0.05, 0.1) is 6.20 Å². The van der Waals surface area contributed by atoms with Crippen LogP contribution in [0.4, 0.5) is 0 Å². The van der Waals surface area contributed by atoms with Crippen LogP contribution in [0, 0.1) is 27.7 Å². The zero-order chi connectivity index (χ0) is 27.9. The topological polar surface area (TPSA) is 104 Å². The smallest absolute Gasteiger partial charge is 0.226 e. The number of hydrogen-bond acceptors (Lipinski definition) is 8. The number of nitrogens with zero attached hydrogens (tertiary/aromatic N) is 4. The maximum absolute atomic E-state index is 5.33. The van der Waals surface area contributed by atoms with Crippen molar-refractivity contribution in [3.63, 3.8) is 0 Å². The van der Waals surface area contributed by atoms with Gasteiger partial charge < -0.3 is 17.7 Å². The molecule has 0 bridgehead atoms. The van der Waals surface area contributed by atoms with E-state index in [-0.39, 0.29) is 0 Å². The summed E-state index contributed by atoms with van der Waals surface area (Å²) >= 11 is 0. The van der Waals surface area contributed by atoms with Crippen LogP contribution in [0.25, 0.3) is 44.1 Å². The molecule has 0 radical (unpaired) electrons. The molecule has 8 aromatic rings. The van der Waals surface area contributed by atoms with Crippen molar-refractivity contribution in [2.75, 3.05) is 0 Å². The third-order valence-electron chi connectivity index (χ3n) is 5.71. The molecule has 0 amide bonds. The Bertz CT molecular complexity index is 1560. The molecule has 0 spiro atoms. The predicted octanol–water partition coefficient (Wildman–Crippen LogP) is 8.54. The molecule has 0 aliphatic carbocycles. The van der Waals surface area contributed by atoms with Gasteiger partial charge >= 0.3 is 0 Å². The number of rotatable bonds is 0. The number of aromatic nitrogens is 4. The molecule has 0 aliphatic heterocycles. The minimum atomic E-state index is 0.722. The molecule has 8 heteroatoms. The Labute approximate surface area is 230 Å². The Balaban J connectivity index is 0.000000108. The van der Waals surface area contributed by atoms with Crippen LogP contribution in [0.5, 0.6) is 0 Å². The van der Waals surface area contributed by atoms with Crippen LogP contribution in [-0.2, 0) is 0 Å². The lowest BCUT2D eigenvalue weighted by atomic mass is 10.3. The summed E-state index contributed by atoms with van der Waals surface area (Å²) in [6, 6.07) is 19.3. The van der Waals surface area contributed by atoms with Gasteiger partial charge in [0.15, 0.2) is 11.2 Å². The molecular formula is C32H28N4O4. The number of hydrogen-bond donors (Lipinski definition) is 0. The monoisotopic (exact) mass is 532 g/mol. The second-order valence-corrected chi connectivity index (χ2v) is 9.04. The van der Waals surface area contributed by atoms with Gasteiger partial charge in [-0.3, -0.25) is 15.0 Å². The van der Waals surface area contributed by atoms with E-state index in [1.54, 1.807) is 37.2 Å². The summed E-state index contributed by atoms with van der Waals surface area (Å²) in [5.74, 6) is 3.69. The molecule has 0 saturated heterocycles. The minimum absolute atomic E-state index is 0.722. The summed E-state index contributed by atoms with van der Waals surface area (Å²) in [7, 11) is 0. The van der Waals surface area contributed by atoms with E-state index in [0.29, 0.717) is 0 Å². The van der Waals surface area contributed by atoms with Crippen molar-refractivity contribution >= 4 is 44.1 Å². The Morgan fingerprint density at radius 1 is 0.475 bits per heavy atom. The van der Waals surface area contributed by atoms with Crippen molar-refractivity contribution in [1.82, 2.24) is 19.9 Å². The molecule has 40 heavy (non-hydrogen) atoms. The molecule has 8 rings (SSSR count). The molecule has 0 aliphatic rings. The second kappa shape index (κ2) is 12.1. The standard InChI is InChI=1S/4C8H7NO/c1-6-4-7-5-9-3-2-8(7)10-6;1-6-4-7-2-3-9-5-8(7)10-6;1-6-5-7-8(10-6)3-2-4-9-7;1-6-5-7-3-2-4-9-8(7)10-6/h4*2-5H,1H3. The minimum Gasteiger partial charge on any atom is -0.461 e. The highest BCUT2D eigenvalue weighted by atomic mass is 16.3. The molecule has 0 saturated carbocycles. The third kappa shape index (κ3) is 6.60. The maximum Gasteiger partial charge on any atom is 0.226 e. The van der Waals surface area contributed by atoms with Crippen LogP contribution in [0.3, 0.4) is 0 Å². The van der Waals surface area contributed by atoms with Gasteiger partial charge in [0.1, 0.15) is 34.1 Å². The van der Waals surface area contributed by atoms with Gasteiger partial charge in [-0.1, -0.05) is 0 Å². The van der Waals surface area contributed by atoms with Crippen LogP contribution in [0.1, 0.15) is 23.0 Å². The van der Waals surface area contributed by atoms with Crippen LogP contribution >= 0.6 is 0 Å². The summed E-state index contributed by atoms with van der Waals surface area (Å²) in [6.45, 7) is 7.70. The Morgan fingerprint density at radius 3 is 1.88 bits per heavy atom. The first-order valence-corrected chi connectivity index (χ1v) is 12.7. The van der Waals surface area contributed by atoms with E-state index in [4.69, 9.17) is 17.7 Å². The SMILES string of the molecule is Cc1cc2cccnc2o1.Cc1cc2ccncc2o1.Cc1cc2cnccc2o1.Cc1cc2ncccc2o1. The highest BCUT2D eigenvalue weighted by Crippen LogP contribution is 2.17. The van der Waals surface area contributed by atoms with Crippen molar-refractivity contribution in [1.29, 1.82) is 0 Å². The van der Waals surface area contributed by atoms with Gasteiger partial charge in [0.25, 0.3) is 0 Å². The number of aryl methyl sites for hydroxylation is 4. The quantitative estimate of drug-likeness (QED) is 0.191. The summed E-state index contributed by atoms with van der Waals surface area (Å²) < 4.78 is 21.2. The van der Waals surface area contributed by atoms with Gasteiger partial charge in [-0.05, 0) is 82.3 Å². The van der Waals surface area contributed by atoms with Crippen LogP contribution in [0.2, 0.25) is 0 Å². The largest absolute Gasteiger partial charge is 0.461 e. The van der Waals surface area contributed by atoms with Crippen LogP contribution in [0.15, 0.2) is 116 Å². The summed E-state index contributed by atoms with van der Waals surface area (Å²) in [4.78, 5) is 16.0.